The van der Waals surface area contributed by atoms with E-state index in [0.29, 0.717) is 39.7 Å². The molecule has 1 aromatic heterocycles. The number of aromatic nitrogens is 1. The highest BCUT2D eigenvalue weighted by molar-refractivity contribution is 8.18. The number of anilines is 3. The van der Waals surface area contributed by atoms with Crippen molar-refractivity contribution in [3.05, 3.63) is 64.2 Å². The lowest BCUT2D eigenvalue weighted by atomic mass is 10.1. The van der Waals surface area contributed by atoms with Crippen molar-refractivity contribution < 1.29 is 14.3 Å². The number of carbonyl (C=O) groups is 2. The number of aliphatic imine (C=N–C) groups is 1. The summed E-state index contributed by atoms with van der Waals surface area (Å²) in [5.74, 6) is -0.570. The Labute approximate surface area is 224 Å². The van der Waals surface area contributed by atoms with Gasteiger partial charge in [-0.3, -0.25) is 14.6 Å². The molecule has 0 unspecified atom stereocenters. The monoisotopic (exact) mass is 535 g/mol. The molecule has 1 fully saturated rings. The molecule has 3 aromatic rings. The molecular formula is C27H26ClN5O3S. The van der Waals surface area contributed by atoms with Crippen molar-refractivity contribution in [3.63, 3.8) is 0 Å². The summed E-state index contributed by atoms with van der Waals surface area (Å²) >= 11 is 7.60. The van der Waals surface area contributed by atoms with Gasteiger partial charge in [0.05, 0.1) is 34.3 Å². The van der Waals surface area contributed by atoms with E-state index in [9.17, 15) is 9.59 Å². The number of ether oxygens (including phenoxy) is 1. The van der Waals surface area contributed by atoms with Crippen LogP contribution in [0.25, 0.3) is 17.0 Å². The fourth-order valence-electron chi connectivity index (χ4n) is 4.03. The summed E-state index contributed by atoms with van der Waals surface area (Å²) < 4.78 is 5.50. The summed E-state index contributed by atoms with van der Waals surface area (Å²) in [6.07, 6.45) is 3.66. The van der Waals surface area contributed by atoms with Crippen LogP contribution in [0.5, 0.6) is 0 Å². The second-order valence-corrected chi connectivity index (χ2v) is 10.4. The van der Waals surface area contributed by atoms with Crippen molar-refractivity contribution in [2.24, 2.45) is 10.9 Å². The quantitative estimate of drug-likeness (QED) is 0.422. The third-order valence-electron chi connectivity index (χ3n) is 6.01. The number of amides is 2. The normalized spacial score (nSPS) is 17.0. The molecule has 2 aliphatic heterocycles. The summed E-state index contributed by atoms with van der Waals surface area (Å²) in [4.78, 5) is 36.2. The van der Waals surface area contributed by atoms with Crippen LogP contribution in [0, 0.1) is 5.92 Å². The van der Waals surface area contributed by atoms with Crippen LogP contribution in [-0.4, -0.2) is 48.3 Å². The van der Waals surface area contributed by atoms with Crippen molar-refractivity contribution in [1.82, 2.24) is 4.98 Å². The van der Waals surface area contributed by atoms with Gasteiger partial charge in [0.15, 0.2) is 5.17 Å². The van der Waals surface area contributed by atoms with Crippen LogP contribution in [0.1, 0.15) is 19.4 Å². The first-order chi connectivity index (χ1) is 17.9. The highest BCUT2D eigenvalue weighted by atomic mass is 35.5. The molecule has 37 heavy (non-hydrogen) atoms. The summed E-state index contributed by atoms with van der Waals surface area (Å²) in [6, 6.07) is 13.1. The SMILES string of the molecule is CC(C)C(=O)Nc1ccc(Cl)c(NC2=NC(=O)/C(=C\c3ccc4nccc(N5CCOCC5)c4c3)S2)c1. The van der Waals surface area contributed by atoms with Gasteiger partial charge in [0, 0.05) is 42.0 Å². The van der Waals surface area contributed by atoms with Crippen molar-refractivity contribution in [3.8, 4) is 0 Å². The number of nitrogens with zero attached hydrogens (tertiary/aromatic N) is 3. The molecule has 0 aliphatic carbocycles. The number of benzene rings is 2. The number of thioether (sulfide) groups is 1. The molecule has 0 spiro atoms. The molecule has 8 nitrogen and oxygen atoms in total. The number of fused-ring (bicyclic) bond motifs is 1. The number of hydrogen-bond donors (Lipinski definition) is 2. The molecule has 5 rings (SSSR count). The van der Waals surface area contributed by atoms with E-state index in [1.165, 1.54) is 11.8 Å². The van der Waals surface area contributed by atoms with E-state index in [4.69, 9.17) is 16.3 Å². The summed E-state index contributed by atoms with van der Waals surface area (Å²) in [5, 5.41) is 7.87. The average molecular weight is 536 g/mol. The lowest BCUT2D eigenvalue weighted by Crippen LogP contribution is -2.36. The van der Waals surface area contributed by atoms with Crippen molar-refractivity contribution >= 4 is 74.4 Å². The van der Waals surface area contributed by atoms with E-state index in [2.05, 4.69) is 31.6 Å². The van der Waals surface area contributed by atoms with Gasteiger partial charge in [0.25, 0.3) is 5.91 Å². The van der Waals surface area contributed by atoms with Crippen molar-refractivity contribution in [2.75, 3.05) is 41.8 Å². The molecule has 1 saturated heterocycles. The van der Waals surface area contributed by atoms with E-state index in [1.807, 2.05) is 44.3 Å². The van der Waals surface area contributed by atoms with Gasteiger partial charge in [-0.1, -0.05) is 31.5 Å². The Morgan fingerprint density at radius 2 is 1.97 bits per heavy atom. The van der Waals surface area contributed by atoms with E-state index in [-0.39, 0.29) is 17.7 Å². The molecule has 2 aromatic carbocycles. The highest BCUT2D eigenvalue weighted by Crippen LogP contribution is 2.34. The summed E-state index contributed by atoms with van der Waals surface area (Å²) in [7, 11) is 0. The number of morpholine rings is 1. The fraction of sp³-hybridized carbons (Fsp3) is 0.259. The van der Waals surface area contributed by atoms with Crippen LogP contribution < -0.4 is 15.5 Å². The third kappa shape index (κ3) is 5.79. The highest BCUT2D eigenvalue weighted by Gasteiger charge is 2.23. The fourth-order valence-corrected chi connectivity index (χ4v) is 5.02. The first kappa shape index (κ1) is 25.3. The van der Waals surface area contributed by atoms with Crippen LogP contribution in [-0.2, 0) is 14.3 Å². The van der Waals surface area contributed by atoms with E-state index < -0.39 is 0 Å². The number of halogens is 1. The molecule has 2 amide bonds. The number of hydrogen-bond acceptors (Lipinski definition) is 7. The Balaban J connectivity index is 1.35. The molecule has 2 aliphatic rings. The number of carbonyl (C=O) groups excluding carboxylic acids is 2. The second kappa shape index (κ2) is 10.9. The molecule has 190 valence electrons. The van der Waals surface area contributed by atoms with Gasteiger partial charge >= 0.3 is 0 Å². The maximum absolute atomic E-state index is 12.7. The maximum Gasteiger partial charge on any atom is 0.286 e. The predicted octanol–water partition coefficient (Wildman–Crippen LogP) is 5.40. The number of pyridine rings is 1. The predicted molar refractivity (Wildman–Crippen MR) is 151 cm³/mol. The summed E-state index contributed by atoms with van der Waals surface area (Å²) in [5.41, 5.74) is 4.05. The first-order valence-electron chi connectivity index (χ1n) is 12.0. The van der Waals surface area contributed by atoms with Crippen LogP contribution in [0.15, 0.2) is 58.6 Å². The van der Waals surface area contributed by atoms with Gasteiger partial charge in [-0.05, 0) is 59.8 Å². The average Bonchev–Trinajstić information content (AvgIpc) is 3.24. The largest absolute Gasteiger partial charge is 0.378 e. The van der Waals surface area contributed by atoms with Crippen LogP contribution in [0.3, 0.4) is 0 Å². The van der Waals surface area contributed by atoms with Gasteiger partial charge in [-0.15, -0.1) is 0 Å². The molecular weight excluding hydrogens is 510 g/mol. The molecule has 0 atom stereocenters. The minimum Gasteiger partial charge on any atom is -0.378 e. The summed E-state index contributed by atoms with van der Waals surface area (Å²) in [6.45, 7) is 6.69. The van der Waals surface area contributed by atoms with Crippen molar-refractivity contribution in [1.29, 1.82) is 0 Å². The topological polar surface area (TPSA) is 95.9 Å². The minimum atomic E-state index is -0.326. The Morgan fingerprint density at radius 3 is 2.76 bits per heavy atom. The lowest BCUT2D eigenvalue weighted by molar-refractivity contribution is -0.119. The smallest absolute Gasteiger partial charge is 0.286 e. The molecule has 2 N–H and O–H groups in total. The van der Waals surface area contributed by atoms with Crippen LogP contribution >= 0.6 is 23.4 Å². The molecule has 0 saturated carbocycles. The third-order valence-corrected chi connectivity index (χ3v) is 7.24. The Hall–Kier alpha value is -3.40. The zero-order chi connectivity index (χ0) is 25.9. The standard InChI is InChI=1S/C27H26ClN5O3S/c1-16(2)25(34)30-18-4-5-20(28)22(15-18)31-27-32-26(35)24(37-27)14-17-3-6-21-19(13-17)23(7-8-29-21)33-9-11-36-12-10-33/h3-8,13-16H,9-12H2,1-2H3,(H,30,34)(H,31,32,35)/b24-14+. The molecule has 0 bridgehead atoms. The maximum atomic E-state index is 12.7. The Kier molecular flexibility index (Phi) is 7.45. The lowest BCUT2D eigenvalue weighted by Gasteiger charge is -2.29. The zero-order valence-electron chi connectivity index (χ0n) is 20.5. The number of nitrogens with one attached hydrogen (secondary N) is 2. The minimum absolute atomic E-state index is 0.0939. The van der Waals surface area contributed by atoms with E-state index in [1.54, 1.807) is 18.2 Å². The van der Waals surface area contributed by atoms with E-state index >= 15 is 0 Å². The van der Waals surface area contributed by atoms with Crippen LogP contribution in [0.4, 0.5) is 17.1 Å². The Bertz CT molecular complexity index is 1430. The van der Waals surface area contributed by atoms with Gasteiger partial charge < -0.3 is 20.3 Å². The first-order valence-corrected chi connectivity index (χ1v) is 13.2. The molecule has 3 heterocycles. The number of amidine groups is 1. The molecule has 0 radical (unpaired) electrons. The molecule has 10 heteroatoms. The van der Waals surface area contributed by atoms with Gasteiger partial charge in [0.1, 0.15) is 0 Å². The van der Waals surface area contributed by atoms with Crippen molar-refractivity contribution in [2.45, 2.75) is 13.8 Å². The number of rotatable bonds is 5. The van der Waals surface area contributed by atoms with Gasteiger partial charge in [0.2, 0.25) is 5.91 Å². The van der Waals surface area contributed by atoms with Gasteiger partial charge in [-0.2, -0.15) is 4.99 Å². The Morgan fingerprint density at radius 1 is 1.16 bits per heavy atom. The second-order valence-electron chi connectivity index (χ2n) is 9.00. The van der Waals surface area contributed by atoms with Gasteiger partial charge in [-0.25, -0.2) is 0 Å². The van der Waals surface area contributed by atoms with Crippen LogP contribution in [0.2, 0.25) is 5.02 Å². The van der Waals surface area contributed by atoms with E-state index in [0.717, 1.165) is 35.2 Å². The zero-order valence-corrected chi connectivity index (χ0v) is 22.0.